The van der Waals surface area contributed by atoms with E-state index in [0.29, 0.717) is 24.3 Å². The number of rotatable bonds is 6. The van der Waals surface area contributed by atoms with Crippen molar-refractivity contribution in [3.63, 3.8) is 0 Å². The number of nitrogens with zero attached hydrogens (tertiary/aromatic N) is 1. The van der Waals surface area contributed by atoms with Gasteiger partial charge in [0.1, 0.15) is 5.82 Å². The summed E-state index contributed by atoms with van der Waals surface area (Å²) in [7, 11) is 0. The Morgan fingerprint density at radius 2 is 2.09 bits per heavy atom. The lowest BCUT2D eigenvalue weighted by atomic mass is 10.1. The largest absolute Gasteiger partial charge is 0.504 e. The Morgan fingerprint density at radius 1 is 1.32 bits per heavy atom. The van der Waals surface area contributed by atoms with E-state index in [4.69, 9.17) is 4.74 Å². The van der Waals surface area contributed by atoms with Crippen LogP contribution >= 0.6 is 0 Å². The van der Waals surface area contributed by atoms with Crippen molar-refractivity contribution >= 4 is 11.9 Å². The summed E-state index contributed by atoms with van der Waals surface area (Å²) < 4.78 is 19.0. The van der Waals surface area contributed by atoms with Crippen LogP contribution in [0.15, 0.2) is 54.0 Å². The van der Waals surface area contributed by atoms with E-state index < -0.39 is 0 Å². The standard InChI is InChI=1S/C18H18FNO2/c1-3-7-14-10-13(11-17(18(14)21)22-4-2)12-20-16-9-6-5-8-15(16)19/h3,5-6,8-12,21H,1,4,7H2,2H3. The van der Waals surface area contributed by atoms with Gasteiger partial charge in [-0.25, -0.2) is 4.39 Å². The first-order chi connectivity index (χ1) is 10.7. The maximum atomic E-state index is 13.6. The fourth-order valence-electron chi connectivity index (χ4n) is 2.04. The molecule has 0 heterocycles. The number of hydrogen-bond donors (Lipinski definition) is 1. The minimum absolute atomic E-state index is 0.102. The number of hydrogen-bond acceptors (Lipinski definition) is 3. The summed E-state index contributed by atoms with van der Waals surface area (Å²) in [6.07, 6.45) is 3.75. The molecule has 4 heteroatoms. The molecule has 0 saturated carbocycles. The molecular formula is C18H18FNO2. The van der Waals surface area contributed by atoms with Gasteiger partial charge < -0.3 is 9.84 Å². The summed E-state index contributed by atoms with van der Waals surface area (Å²) >= 11 is 0. The Labute approximate surface area is 129 Å². The van der Waals surface area contributed by atoms with Crippen LogP contribution in [0.25, 0.3) is 0 Å². The van der Waals surface area contributed by atoms with Crippen molar-refractivity contribution in [2.75, 3.05) is 6.61 Å². The molecule has 0 saturated heterocycles. The Balaban J connectivity index is 2.38. The molecule has 0 aliphatic rings. The summed E-state index contributed by atoms with van der Waals surface area (Å²) in [6, 6.07) is 9.75. The minimum atomic E-state index is -0.381. The van der Waals surface area contributed by atoms with Gasteiger partial charge in [-0.3, -0.25) is 4.99 Å². The van der Waals surface area contributed by atoms with Crippen molar-refractivity contribution in [1.29, 1.82) is 0 Å². The normalized spacial score (nSPS) is 10.8. The zero-order valence-electron chi connectivity index (χ0n) is 12.4. The number of ether oxygens (including phenoxy) is 1. The van der Waals surface area contributed by atoms with Gasteiger partial charge >= 0.3 is 0 Å². The van der Waals surface area contributed by atoms with Gasteiger partial charge in [-0.15, -0.1) is 6.58 Å². The van der Waals surface area contributed by atoms with E-state index in [-0.39, 0.29) is 17.3 Å². The maximum absolute atomic E-state index is 13.6. The second-order valence-corrected chi connectivity index (χ2v) is 4.66. The number of phenols is 1. The molecule has 114 valence electrons. The van der Waals surface area contributed by atoms with E-state index >= 15 is 0 Å². The summed E-state index contributed by atoms with van der Waals surface area (Å²) in [5.74, 6) is 0.107. The second-order valence-electron chi connectivity index (χ2n) is 4.66. The lowest BCUT2D eigenvalue weighted by Gasteiger charge is -2.10. The first-order valence-corrected chi connectivity index (χ1v) is 7.04. The van der Waals surface area contributed by atoms with Crippen LogP contribution in [0.2, 0.25) is 0 Å². The zero-order valence-corrected chi connectivity index (χ0v) is 12.4. The molecule has 3 nitrogen and oxygen atoms in total. The molecule has 22 heavy (non-hydrogen) atoms. The van der Waals surface area contributed by atoms with Crippen LogP contribution in [0.5, 0.6) is 11.5 Å². The molecule has 0 aromatic heterocycles. The lowest BCUT2D eigenvalue weighted by Crippen LogP contribution is -1.96. The Bertz CT molecular complexity index is 695. The monoisotopic (exact) mass is 299 g/mol. The van der Waals surface area contributed by atoms with E-state index in [1.165, 1.54) is 6.07 Å². The van der Waals surface area contributed by atoms with Crippen LogP contribution in [-0.4, -0.2) is 17.9 Å². The highest BCUT2D eigenvalue weighted by molar-refractivity contribution is 5.83. The van der Waals surface area contributed by atoms with Gasteiger partial charge in [0.15, 0.2) is 11.5 Å². The molecule has 0 aliphatic heterocycles. The summed E-state index contributed by atoms with van der Waals surface area (Å²) in [6.45, 7) is 5.95. The molecule has 0 fully saturated rings. The number of para-hydroxylation sites is 1. The smallest absolute Gasteiger partial charge is 0.161 e. The minimum Gasteiger partial charge on any atom is -0.504 e. The Kier molecular flexibility index (Phi) is 5.31. The molecule has 0 spiro atoms. The van der Waals surface area contributed by atoms with Crippen molar-refractivity contribution in [1.82, 2.24) is 0 Å². The average molecular weight is 299 g/mol. The topological polar surface area (TPSA) is 41.8 Å². The molecule has 0 bridgehead atoms. The number of halogens is 1. The SMILES string of the molecule is C=CCc1cc(C=Nc2ccccc2F)cc(OCC)c1O. The summed E-state index contributed by atoms with van der Waals surface area (Å²) in [5, 5.41) is 10.1. The van der Waals surface area contributed by atoms with Gasteiger partial charge in [-0.1, -0.05) is 18.2 Å². The van der Waals surface area contributed by atoms with Gasteiger partial charge in [-0.2, -0.15) is 0 Å². The first-order valence-electron chi connectivity index (χ1n) is 7.04. The molecule has 0 aliphatic carbocycles. The number of aliphatic imine (C=N–C) groups is 1. The highest BCUT2D eigenvalue weighted by atomic mass is 19.1. The zero-order chi connectivity index (χ0) is 15.9. The highest BCUT2D eigenvalue weighted by Gasteiger charge is 2.09. The number of phenolic OH excluding ortho intramolecular Hbond substituents is 1. The molecule has 0 radical (unpaired) electrons. The van der Waals surface area contributed by atoms with Crippen molar-refractivity contribution in [2.24, 2.45) is 4.99 Å². The van der Waals surface area contributed by atoms with Crippen LogP contribution in [0.1, 0.15) is 18.1 Å². The summed E-state index contributed by atoms with van der Waals surface area (Å²) in [5.41, 5.74) is 1.68. The van der Waals surface area contributed by atoms with E-state index in [1.54, 1.807) is 42.6 Å². The van der Waals surface area contributed by atoms with Crippen molar-refractivity contribution in [3.05, 3.63) is 66.0 Å². The fraction of sp³-hybridized carbons (Fsp3) is 0.167. The van der Waals surface area contributed by atoms with Gasteiger partial charge in [0.25, 0.3) is 0 Å². The third-order valence-corrected chi connectivity index (χ3v) is 3.05. The Morgan fingerprint density at radius 3 is 2.77 bits per heavy atom. The van der Waals surface area contributed by atoms with Gasteiger partial charge in [0.05, 0.1) is 12.3 Å². The molecule has 0 atom stereocenters. The first kappa shape index (κ1) is 15.8. The predicted octanol–water partition coefficient (Wildman–Crippen LogP) is 4.41. The quantitative estimate of drug-likeness (QED) is 0.634. The second kappa shape index (κ2) is 7.41. The average Bonchev–Trinajstić information content (AvgIpc) is 2.51. The van der Waals surface area contributed by atoms with Crippen molar-refractivity contribution < 1.29 is 14.2 Å². The third-order valence-electron chi connectivity index (χ3n) is 3.05. The molecule has 1 N–H and O–H groups in total. The number of allylic oxidation sites excluding steroid dienone is 1. The molecule has 0 amide bonds. The molecular weight excluding hydrogens is 281 g/mol. The molecule has 2 aromatic rings. The molecule has 0 unspecified atom stereocenters. The van der Waals surface area contributed by atoms with Gasteiger partial charge in [0.2, 0.25) is 0 Å². The van der Waals surface area contributed by atoms with E-state index in [2.05, 4.69) is 11.6 Å². The molecule has 2 rings (SSSR count). The van der Waals surface area contributed by atoms with Crippen LogP contribution < -0.4 is 4.74 Å². The van der Waals surface area contributed by atoms with Crippen molar-refractivity contribution in [3.8, 4) is 11.5 Å². The van der Waals surface area contributed by atoms with E-state index in [1.807, 2.05) is 6.92 Å². The maximum Gasteiger partial charge on any atom is 0.161 e. The van der Waals surface area contributed by atoms with E-state index in [9.17, 15) is 9.50 Å². The van der Waals surface area contributed by atoms with E-state index in [0.717, 1.165) is 5.56 Å². The lowest BCUT2D eigenvalue weighted by molar-refractivity contribution is 0.317. The number of aromatic hydroxyl groups is 1. The number of benzene rings is 2. The van der Waals surface area contributed by atoms with Crippen LogP contribution in [0.3, 0.4) is 0 Å². The Hall–Kier alpha value is -2.62. The van der Waals surface area contributed by atoms with Crippen LogP contribution in [-0.2, 0) is 6.42 Å². The van der Waals surface area contributed by atoms with Crippen LogP contribution in [0.4, 0.5) is 10.1 Å². The van der Waals surface area contributed by atoms with Crippen LogP contribution in [0, 0.1) is 5.82 Å². The van der Waals surface area contributed by atoms with Crippen molar-refractivity contribution in [2.45, 2.75) is 13.3 Å². The summed E-state index contributed by atoms with van der Waals surface area (Å²) in [4.78, 5) is 4.15. The third kappa shape index (κ3) is 3.73. The van der Waals surface area contributed by atoms with Gasteiger partial charge in [-0.05, 0) is 43.2 Å². The highest BCUT2D eigenvalue weighted by Crippen LogP contribution is 2.32. The van der Waals surface area contributed by atoms with Gasteiger partial charge in [0, 0.05) is 11.8 Å². The molecule has 2 aromatic carbocycles. The fourth-order valence-corrected chi connectivity index (χ4v) is 2.04. The predicted molar refractivity (Wildman–Crippen MR) is 86.8 cm³/mol.